The van der Waals surface area contributed by atoms with E-state index in [9.17, 15) is 4.79 Å². The van der Waals surface area contributed by atoms with Crippen molar-refractivity contribution in [3.63, 3.8) is 0 Å². The highest BCUT2D eigenvalue weighted by atomic mass is 32.2. The molecular weight excluding hydrogens is 232 g/mol. The van der Waals surface area contributed by atoms with E-state index in [0.29, 0.717) is 6.42 Å². The summed E-state index contributed by atoms with van der Waals surface area (Å²) < 4.78 is 17.6. The van der Waals surface area contributed by atoms with Gasteiger partial charge in [-0.15, -0.1) is 0 Å². The van der Waals surface area contributed by atoms with Crippen molar-refractivity contribution in [2.24, 2.45) is 10.9 Å². The van der Waals surface area contributed by atoms with Crippen LogP contribution in [0.3, 0.4) is 0 Å². The lowest BCUT2D eigenvalue weighted by atomic mass is 10.1. The van der Waals surface area contributed by atoms with Gasteiger partial charge in [0.05, 0.1) is 0 Å². The number of nitrogens with two attached hydrogens (primary N) is 2. The smallest absolute Gasteiger partial charge is 0.320 e. The van der Waals surface area contributed by atoms with Gasteiger partial charge in [-0.25, -0.2) is 0 Å². The van der Waals surface area contributed by atoms with Crippen molar-refractivity contribution >= 4 is 17.2 Å². The second-order valence-electron chi connectivity index (χ2n) is 2.89. The third kappa shape index (κ3) is 8.06. The van der Waals surface area contributed by atoms with Gasteiger partial charge in [0.1, 0.15) is 6.04 Å². The van der Waals surface area contributed by atoms with Crippen LogP contribution in [0.4, 0.5) is 0 Å². The van der Waals surface area contributed by atoms with Crippen LogP contribution in [0.1, 0.15) is 5.56 Å². The average Bonchev–Trinajstić information content (AvgIpc) is 2.18. The summed E-state index contributed by atoms with van der Waals surface area (Å²) >= 11 is -2.36. The van der Waals surface area contributed by atoms with Gasteiger partial charge in [-0.2, -0.15) is 0 Å². The third-order valence-electron chi connectivity index (χ3n) is 1.62. The summed E-state index contributed by atoms with van der Waals surface area (Å²) in [6, 6.07) is 8.54. The molecule has 0 aliphatic rings. The molecule has 7 heteroatoms. The molecule has 1 rings (SSSR count). The summed E-state index contributed by atoms with van der Waals surface area (Å²) in [6.07, 6.45) is 0.385. The van der Waals surface area contributed by atoms with E-state index >= 15 is 0 Å². The number of carbonyl (C=O) groups is 1. The molecule has 0 saturated heterocycles. The fourth-order valence-corrected chi connectivity index (χ4v) is 0.955. The van der Waals surface area contributed by atoms with Crippen LogP contribution in [0.25, 0.3) is 0 Å². The summed E-state index contributed by atoms with van der Waals surface area (Å²) in [5, 5.41) is 12.5. The summed E-state index contributed by atoms with van der Waals surface area (Å²) in [6.45, 7) is 0. The van der Waals surface area contributed by atoms with Crippen LogP contribution in [0.15, 0.2) is 30.3 Å². The van der Waals surface area contributed by atoms with Crippen LogP contribution in [-0.2, 0) is 22.5 Å². The highest BCUT2D eigenvalue weighted by Gasteiger charge is 2.10. The molecule has 1 aromatic rings. The number of carboxylic acid groups (broad SMARTS) is 1. The molecule has 0 spiro atoms. The monoisotopic (exact) mass is 245 g/mol. The van der Waals surface area contributed by atoms with E-state index in [4.69, 9.17) is 19.6 Å². The molecule has 6 nitrogen and oxygen atoms in total. The minimum absolute atomic E-state index is 0.385. The lowest BCUT2D eigenvalue weighted by Crippen LogP contribution is -2.32. The van der Waals surface area contributed by atoms with Gasteiger partial charge in [0, 0.05) is 11.3 Å². The molecule has 90 valence electrons. The molecule has 5 N–H and O–H groups in total. The zero-order chi connectivity index (χ0) is 12.6. The Morgan fingerprint density at radius 1 is 1.44 bits per heavy atom. The van der Waals surface area contributed by atoms with E-state index < -0.39 is 23.3 Å². The molecule has 0 amide bonds. The lowest BCUT2D eigenvalue weighted by Gasteiger charge is -2.04. The number of hydrogen-bond donors (Lipinski definition) is 3. The van der Waals surface area contributed by atoms with Crippen molar-refractivity contribution in [3.8, 4) is 0 Å². The molecule has 0 bridgehead atoms. The van der Waals surface area contributed by atoms with E-state index in [1.807, 2.05) is 30.3 Å². The van der Waals surface area contributed by atoms with Gasteiger partial charge >= 0.3 is 5.97 Å². The Morgan fingerprint density at radius 2 is 1.88 bits per heavy atom. The summed E-state index contributed by atoms with van der Waals surface area (Å²) in [7, 11) is 0. The first kappa shape index (κ1) is 14.7. The second kappa shape index (κ2) is 7.94. The maximum absolute atomic E-state index is 10.4. The minimum Gasteiger partial charge on any atom is -0.760 e. The normalized spacial score (nSPS) is 13.2. The molecular formula is C9H13N2O4S-. The molecule has 2 atom stereocenters. The average molecular weight is 245 g/mol. The third-order valence-corrected chi connectivity index (χ3v) is 1.62. The molecule has 1 aromatic carbocycles. The predicted octanol–water partition coefficient (Wildman–Crippen LogP) is -0.620. The van der Waals surface area contributed by atoms with Crippen LogP contribution < -0.4 is 10.9 Å². The molecule has 0 aliphatic heterocycles. The van der Waals surface area contributed by atoms with Gasteiger partial charge < -0.3 is 15.4 Å². The second-order valence-corrected chi connectivity index (χ2v) is 3.42. The Labute approximate surface area is 95.7 Å². The lowest BCUT2D eigenvalue weighted by molar-refractivity contribution is -0.138. The maximum Gasteiger partial charge on any atom is 0.320 e. The first-order valence-corrected chi connectivity index (χ1v) is 5.43. The highest BCUT2D eigenvalue weighted by Crippen LogP contribution is 2.01. The standard InChI is InChI=1S/C9H11NO2.H3NO2S/c10-8(9(11)12)6-7-4-2-1-3-5-7;1-4(2)3/h1-5,8H,6,10H2,(H,11,12);1H2,(H,2,3)/p-1. The Morgan fingerprint density at radius 3 is 2.25 bits per heavy atom. The van der Waals surface area contributed by atoms with E-state index in [1.165, 1.54) is 0 Å². The van der Waals surface area contributed by atoms with Crippen molar-refractivity contribution in [2.45, 2.75) is 12.5 Å². The quantitative estimate of drug-likeness (QED) is 0.611. The highest BCUT2D eigenvalue weighted by molar-refractivity contribution is 7.76. The van der Waals surface area contributed by atoms with E-state index in [2.05, 4.69) is 5.14 Å². The first-order chi connectivity index (χ1) is 7.43. The number of rotatable bonds is 3. The maximum atomic E-state index is 10.4. The molecule has 2 unspecified atom stereocenters. The predicted molar refractivity (Wildman–Crippen MR) is 58.9 cm³/mol. The number of benzene rings is 1. The van der Waals surface area contributed by atoms with Crippen molar-refractivity contribution in [3.05, 3.63) is 35.9 Å². The van der Waals surface area contributed by atoms with Crippen LogP contribution in [0, 0.1) is 0 Å². The fraction of sp³-hybridized carbons (Fsp3) is 0.222. The van der Waals surface area contributed by atoms with Crippen molar-refractivity contribution in [2.75, 3.05) is 0 Å². The van der Waals surface area contributed by atoms with Crippen molar-refractivity contribution in [1.82, 2.24) is 0 Å². The van der Waals surface area contributed by atoms with Crippen molar-refractivity contribution in [1.29, 1.82) is 0 Å². The van der Waals surface area contributed by atoms with Crippen LogP contribution in [0.2, 0.25) is 0 Å². The number of hydrogen-bond acceptors (Lipinski definition) is 4. The van der Waals surface area contributed by atoms with E-state index in [0.717, 1.165) is 5.56 Å². The van der Waals surface area contributed by atoms with Gasteiger partial charge in [-0.3, -0.25) is 14.1 Å². The molecule has 0 saturated carbocycles. The van der Waals surface area contributed by atoms with Gasteiger partial charge in [0.2, 0.25) is 0 Å². The fourth-order valence-electron chi connectivity index (χ4n) is 0.955. The Balaban J connectivity index is 0.000000487. The van der Waals surface area contributed by atoms with Gasteiger partial charge in [0.25, 0.3) is 0 Å². The minimum atomic E-state index is -2.36. The van der Waals surface area contributed by atoms with E-state index in [-0.39, 0.29) is 0 Å². The summed E-state index contributed by atoms with van der Waals surface area (Å²) in [4.78, 5) is 10.4. The van der Waals surface area contributed by atoms with Crippen LogP contribution >= 0.6 is 0 Å². The first-order valence-electron chi connectivity index (χ1n) is 4.29. The van der Waals surface area contributed by atoms with E-state index in [1.54, 1.807) is 0 Å². The Hall–Kier alpha value is -1.28. The summed E-state index contributed by atoms with van der Waals surface area (Å²) in [5.74, 6) is -0.959. The Bertz CT molecular complexity index is 341. The van der Waals surface area contributed by atoms with Crippen LogP contribution in [-0.4, -0.2) is 25.9 Å². The Kier molecular flexibility index (Phi) is 7.31. The zero-order valence-electron chi connectivity index (χ0n) is 8.41. The molecule has 16 heavy (non-hydrogen) atoms. The molecule has 0 radical (unpaired) electrons. The van der Waals surface area contributed by atoms with Gasteiger partial charge in [-0.05, 0) is 12.0 Å². The van der Waals surface area contributed by atoms with Crippen LogP contribution in [0.5, 0.6) is 0 Å². The number of aliphatic carboxylic acids is 1. The molecule has 0 fully saturated rings. The summed E-state index contributed by atoms with van der Waals surface area (Å²) in [5.41, 5.74) is 6.30. The molecule has 0 aliphatic carbocycles. The largest absolute Gasteiger partial charge is 0.760 e. The van der Waals surface area contributed by atoms with Gasteiger partial charge in [0.15, 0.2) is 0 Å². The number of carboxylic acids is 1. The molecule has 0 heterocycles. The molecule has 0 aromatic heterocycles. The zero-order valence-corrected chi connectivity index (χ0v) is 9.22. The van der Waals surface area contributed by atoms with Crippen molar-refractivity contribution < 1.29 is 18.7 Å². The SMILES string of the molecule is NC(Cc1ccccc1)C(=O)O.NS(=O)[O-]. The topological polar surface area (TPSA) is 129 Å². The van der Waals surface area contributed by atoms with Gasteiger partial charge in [-0.1, -0.05) is 30.3 Å².